The number of carbonyl (C=O) groups is 1. The van der Waals surface area contributed by atoms with Gasteiger partial charge in [0.2, 0.25) is 0 Å². The minimum absolute atomic E-state index is 0.0101. The van der Waals surface area contributed by atoms with Crippen molar-refractivity contribution in [2.45, 2.75) is 73.8 Å². The number of allylic oxidation sites excluding steroid dienone is 7. The number of carbonyl (C=O) groups excluding carboxylic acids is 1. The van der Waals surface area contributed by atoms with Gasteiger partial charge in [0.1, 0.15) is 11.0 Å². The van der Waals surface area contributed by atoms with Crippen LogP contribution in [0.3, 0.4) is 0 Å². The molecule has 1 fully saturated rings. The second-order valence-electron chi connectivity index (χ2n) is 13.7. The number of terminal acetylenes is 1. The average Bonchev–Trinajstić information content (AvgIpc) is 3.71. The topological polar surface area (TPSA) is 132 Å². The first-order valence-corrected chi connectivity index (χ1v) is 20.8. The third-order valence-electron chi connectivity index (χ3n) is 9.61. The summed E-state index contributed by atoms with van der Waals surface area (Å²) in [4.78, 5) is 32.3. The standard InChI is InChI=1S/C39H48N10O2.C3H6.C3H4.C2H6/c1-5-8-14-32-28(6-2)38(50)30(26-27(4)42-45-43-32)31(7-3)40-18-11-20-47-22-24-48(25-23-47)21-12-19-41-33-16-17-34-37-36(33)39(51)29-13-9-10-15-35(29)49(37)46-44-34;2*1-3-2;1-2/h5,7-10,13-17,26-27,40-41H,1,6,11-12,18-25H2,2-4H3,(H,42,43);3H,1H2,2H3;1H,2H3;1-2H3/b14-8-,30-26+,31-7+,32-28-;;;. The van der Waals surface area contributed by atoms with Gasteiger partial charge >= 0.3 is 0 Å². The molecule has 2 aromatic heterocycles. The Morgan fingerprint density at radius 2 is 1.66 bits per heavy atom. The molecule has 12 heteroatoms. The lowest BCUT2D eigenvalue weighted by Crippen LogP contribution is -2.47. The Bertz CT molecular complexity index is 2230. The lowest BCUT2D eigenvalue weighted by atomic mass is 9.95. The second kappa shape index (κ2) is 25.5. The molecule has 1 saturated heterocycles. The monoisotopic (exact) mass is 801 g/mol. The van der Waals surface area contributed by atoms with Crippen LogP contribution in [0.5, 0.6) is 0 Å². The lowest BCUT2D eigenvalue weighted by molar-refractivity contribution is -0.112. The normalized spacial score (nSPS) is 18.4. The lowest BCUT2D eigenvalue weighted by Gasteiger charge is -2.34. The van der Waals surface area contributed by atoms with Crippen LogP contribution in [0.15, 0.2) is 124 Å². The fraction of sp³-hybridized carbons (Fsp3) is 0.404. The summed E-state index contributed by atoms with van der Waals surface area (Å²) in [7, 11) is 0. The summed E-state index contributed by atoms with van der Waals surface area (Å²) in [6, 6.07) is 11.2. The van der Waals surface area contributed by atoms with E-state index < -0.39 is 0 Å². The first-order chi connectivity index (χ1) is 28.8. The molecule has 2 aromatic carbocycles. The maximum Gasteiger partial charge on any atom is 0.199 e. The van der Waals surface area contributed by atoms with Crippen molar-refractivity contribution in [3.8, 4) is 12.3 Å². The summed E-state index contributed by atoms with van der Waals surface area (Å²) >= 11 is 0. The van der Waals surface area contributed by atoms with Gasteiger partial charge in [0, 0.05) is 67.2 Å². The number of para-hydroxylation sites is 1. The summed E-state index contributed by atoms with van der Waals surface area (Å²) in [5.41, 5.74) is 8.79. The number of hydrogen-bond donors (Lipinski definition) is 3. The Labute approximate surface area is 350 Å². The zero-order valence-corrected chi connectivity index (χ0v) is 36.2. The number of ketones is 1. The van der Waals surface area contributed by atoms with E-state index in [1.165, 1.54) is 0 Å². The second-order valence-corrected chi connectivity index (χ2v) is 13.7. The summed E-state index contributed by atoms with van der Waals surface area (Å²) in [6.07, 6.45) is 18.0. The van der Waals surface area contributed by atoms with Crippen LogP contribution in [-0.2, 0) is 4.79 Å². The molecule has 0 aliphatic carbocycles. The van der Waals surface area contributed by atoms with E-state index in [0.29, 0.717) is 34.0 Å². The summed E-state index contributed by atoms with van der Waals surface area (Å²) in [5, 5.41) is 25.4. The number of rotatable bonds is 14. The van der Waals surface area contributed by atoms with Crippen LogP contribution in [-0.4, -0.2) is 88.8 Å². The molecule has 0 bridgehead atoms. The summed E-state index contributed by atoms with van der Waals surface area (Å²) in [6.45, 7) is 28.1. The van der Waals surface area contributed by atoms with E-state index in [0.717, 1.165) is 93.1 Å². The zero-order valence-electron chi connectivity index (χ0n) is 36.2. The molecule has 3 N–H and O–H groups in total. The highest BCUT2D eigenvalue weighted by Gasteiger charge is 2.23. The van der Waals surface area contributed by atoms with Crippen molar-refractivity contribution in [2.75, 3.05) is 57.7 Å². The molecule has 1 atom stereocenters. The van der Waals surface area contributed by atoms with E-state index in [1.54, 1.807) is 29.7 Å². The first kappa shape index (κ1) is 47.5. The van der Waals surface area contributed by atoms with Crippen molar-refractivity contribution in [3.63, 3.8) is 0 Å². The zero-order chi connectivity index (χ0) is 43.2. The highest BCUT2D eigenvalue weighted by molar-refractivity contribution is 6.11. The van der Waals surface area contributed by atoms with Gasteiger partial charge in [-0.3, -0.25) is 15.0 Å². The number of anilines is 1. The van der Waals surface area contributed by atoms with Crippen LogP contribution < -0.4 is 21.5 Å². The summed E-state index contributed by atoms with van der Waals surface area (Å²) < 4.78 is 1.78. The fourth-order valence-electron chi connectivity index (χ4n) is 6.93. The minimum atomic E-state index is -0.256. The van der Waals surface area contributed by atoms with Gasteiger partial charge in [-0.25, -0.2) is 4.52 Å². The van der Waals surface area contributed by atoms with Gasteiger partial charge in [0.05, 0.1) is 22.6 Å². The maximum atomic E-state index is 13.8. The van der Waals surface area contributed by atoms with Crippen LogP contribution in [0.1, 0.15) is 67.7 Å². The molecule has 0 saturated carbocycles. The molecule has 59 heavy (non-hydrogen) atoms. The smallest absolute Gasteiger partial charge is 0.199 e. The van der Waals surface area contributed by atoms with Gasteiger partial charge in [-0.15, -0.1) is 24.0 Å². The van der Waals surface area contributed by atoms with Gasteiger partial charge in [-0.2, -0.15) is 5.11 Å². The largest absolute Gasteiger partial charge is 0.385 e. The Morgan fingerprint density at radius 1 is 1.02 bits per heavy atom. The van der Waals surface area contributed by atoms with Crippen molar-refractivity contribution in [2.24, 2.45) is 10.3 Å². The number of nitrogens with zero attached hydrogens (tertiary/aromatic N) is 7. The molecule has 4 aromatic rings. The molecule has 1 unspecified atom stereocenters. The van der Waals surface area contributed by atoms with E-state index in [2.05, 4.69) is 72.0 Å². The van der Waals surface area contributed by atoms with Crippen molar-refractivity contribution >= 4 is 38.8 Å². The van der Waals surface area contributed by atoms with Crippen LogP contribution in [0, 0.1) is 12.3 Å². The molecule has 0 radical (unpaired) electrons. The highest BCUT2D eigenvalue weighted by atomic mass is 16.1. The van der Waals surface area contributed by atoms with Crippen LogP contribution in [0.4, 0.5) is 5.69 Å². The van der Waals surface area contributed by atoms with Gasteiger partial charge < -0.3 is 20.4 Å². The molecule has 6 rings (SSSR count). The molecular formula is C47H64N10O2. The number of fused-ring (bicyclic) bond motifs is 2. The van der Waals surface area contributed by atoms with Crippen molar-refractivity contribution < 1.29 is 4.79 Å². The van der Waals surface area contributed by atoms with E-state index in [1.807, 2.05) is 96.2 Å². The number of benzene rings is 2. The van der Waals surface area contributed by atoms with Crippen LogP contribution in [0.2, 0.25) is 0 Å². The molecule has 0 spiro atoms. The number of Topliss-reactive ketones (excluding diaryl/α,β-unsaturated/α-hetero) is 1. The quantitative estimate of drug-likeness (QED) is 0.0379. The number of piperazine rings is 1. The van der Waals surface area contributed by atoms with Crippen LogP contribution >= 0.6 is 0 Å². The van der Waals surface area contributed by atoms with Gasteiger partial charge in [-0.1, -0.05) is 74.2 Å². The molecule has 12 nitrogen and oxygen atoms in total. The third kappa shape index (κ3) is 12.8. The SMILES string of the molecule is C#CC.C=C/C=C\C1=C(/CC)C(=O)C(/C(=C\C)NCCCN2CCN(CCCNc3ccc4nnn5c6ccccc6c(=O)c3c45)CC2)=C/C(C)N=NN1.C=CC.CC. The maximum absolute atomic E-state index is 13.8. The predicted octanol–water partition coefficient (Wildman–Crippen LogP) is 8.26. The molecule has 314 valence electrons. The van der Waals surface area contributed by atoms with Gasteiger partial charge in [-0.05, 0) is 96.5 Å². The average molecular weight is 801 g/mol. The van der Waals surface area contributed by atoms with E-state index in [9.17, 15) is 9.59 Å². The van der Waals surface area contributed by atoms with Crippen LogP contribution in [0.25, 0.3) is 27.3 Å². The number of aromatic nitrogens is 3. The van der Waals surface area contributed by atoms with Crippen molar-refractivity contribution in [1.29, 1.82) is 0 Å². The fourth-order valence-corrected chi connectivity index (χ4v) is 6.93. The first-order valence-electron chi connectivity index (χ1n) is 20.8. The Balaban J connectivity index is 0.00000108. The Hall–Kier alpha value is -5.90. The van der Waals surface area contributed by atoms with Gasteiger partial charge in [0.25, 0.3) is 0 Å². The number of pyridine rings is 1. The molecule has 2 aliphatic rings. The van der Waals surface area contributed by atoms with E-state index in [-0.39, 0.29) is 17.3 Å². The highest BCUT2D eigenvalue weighted by Crippen LogP contribution is 2.27. The molecule has 4 heterocycles. The summed E-state index contributed by atoms with van der Waals surface area (Å²) in [5.74, 6) is 2.22. The molecule has 0 amide bonds. The molecule has 2 aliphatic heterocycles. The van der Waals surface area contributed by atoms with Crippen molar-refractivity contribution in [3.05, 3.63) is 119 Å². The van der Waals surface area contributed by atoms with Crippen molar-refractivity contribution in [1.82, 2.24) is 35.4 Å². The van der Waals surface area contributed by atoms with Gasteiger partial charge in [0.15, 0.2) is 11.2 Å². The number of hydrogen-bond acceptors (Lipinski definition) is 11. The predicted molar refractivity (Wildman–Crippen MR) is 247 cm³/mol. The molecular weight excluding hydrogens is 737 g/mol. The third-order valence-corrected chi connectivity index (χ3v) is 9.61. The van der Waals surface area contributed by atoms with E-state index >= 15 is 0 Å². The Kier molecular flexibility index (Phi) is 20.5. The number of nitrogens with one attached hydrogen (secondary N) is 3. The minimum Gasteiger partial charge on any atom is -0.385 e. The Morgan fingerprint density at radius 3 is 2.29 bits per heavy atom. The van der Waals surface area contributed by atoms with E-state index in [4.69, 9.17) is 0 Å².